The quantitative estimate of drug-likeness (QED) is 0.581. The van der Waals surface area contributed by atoms with Crippen LogP contribution in [0.25, 0.3) is 0 Å². The van der Waals surface area contributed by atoms with Gasteiger partial charge in [-0.25, -0.2) is 13.4 Å². The number of methoxy groups -OCH3 is 1. The highest BCUT2D eigenvalue weighted by Gasteiger charge is 2.22. The Morgan fingerprint density at radius 2 is 2.05 bits per heavy atom. The van der Waals surface area contributed by atoms with E-state index in [0.29, 0.717) is 17.7 Å². The van der Waals surface area contributed by atoms with Crippen molar-refractivity contribution in [1.29, 1.82) is 5.26 Å². The Hall–Kier alpha value is -1.49. The largest absolute Gasteiger partial charge is 0.359 e. The van der Waals surface area contributed by atoms with E-state index < -0.39 is 9.84 Å². The minimum atomic E-state index is -3.54. The van der Waals surface area contributed by atoms with Gasteiger partial charge in [-0.1, -0.05) is 6.92 Å². The van der Waals surface area contributed by atoms with E-state index in [1.54, 1.807) is 6.92 Å². The zero-order valence-electron chi connectivity index (χ0n) is 12.1. The van der Waals surface area contributed by atoms with Gasteiger partial charge in [-0.2, -0.15) is 5.26 Å². The molecule has 1 aromatic heterocycles. The number of sulfone groups is 1. The van der Waals surface area contributed by atoms with Gasteiger partial charge in [0.25, 0.3) is 0 Å². The molecule has 0 aliphatic rings. The first-order chi connectivity index (χ1) is 9.36. The molecule has 6 nitrogen and oxygen atoms in total. The van der Waals surface area contributed by atoms with Crippen LogP contribution in [-0.2, 0) is 32.3 Å². The summed E-state index contributed by atoms with van der Waals surface area (Å²) >= 11 is 0. The van der Waals surface area contributed by atoms with Gasteiger partial charge >= 0.3 is 0 Å². The fourth-order valence-corrected chi connectivity index (χ4v) is 2.73. The summed E-state index contributed by atoms with van der Waals surface area (Å²) < 4.78 is 33.6. The zero-order chi connectivity index (χ0) is 15.3. The molecule has 0 fully saturated rings. The van der Waals surface area contributed by atoms with Gasteiger partial charge in [-0.15, -0.1) is 0 Å². The number of pyridine rings is 1. The van der Waals surface area contributed by atoms with Gasteiger partial charge in [0.05, 0.1) is 12.2 Å². The standard InChI is InChI=1S/C13H18N2O4S/c1-5-12-11(7-19-8-18-3)9(2)10(6-14)13(15-12)20(4,16)17/h5,7-8H2,1-4H3. The number of hydrogen-bond acceptors (Lipinski definition) is 6. The predicted octanol–water partition coefficient (Wildman–Crippen LogP) is 1.35. The van der Waals surface area contributed by atoms with Crippen molar-refractivity contribution in [1.82, 2.24) is 4.98 Å². The van der Waals surface area contributed by atoms with Crippen LogP contribution in [0.3, 0.4) is 0 Å². The zero-order valence-corrected chi connectivity index (χ0v) is 12.9. The molecule has 0 radical (unpaired) electrons. The minimum absolute atomic E-state index is 0.0840. The fraction of sp³-hybridized carbons (Fsp3) is 0.538. The molecule has 0 saturated carbocycles. The Morgan fingerprint density at radius 1 is 1.40 bits per heavy atom. The van der Waals surface area contributed by atoms with Crippen LogP contribution in [0.5, 0.6) is 0 Å². The highest BCUT2D eigenvalue weighted by Crippen LogP contribution is 2.24. The first-order valence-corrected chi connectivity index (χ1v) is 7.95. The van der Waals surface area contributed by atoms with Gasteiger partial charge < -0.3 is 9.47 Å². The topological polar surface area (TPSA) is 89.3 Å². The van der Waals surface area contributed by atoms with E-state index in [0.717, 1.165) is 11.8 Å². The molecule has 0 aliphatic carbocycles. The second-order valence-electron chi connectivity index (χ2n) is 4.33. The van der Waals surface area contributed by atoms with Crippen LogP contribution in [0.1, 0.15) is 29.3 Å². The molecule has 20 heavy (non-hydrogen) atoms. The van der Waals surface area contributed by atoms with E-state index in [1.807, 2.05) is 13.0 Å². The summed E-state index contributed by atoms with van der Waals surface area (Å²) in [6.45, 7) is 3.94. The number of hydrogen-bond donors (Lipinski definition) is 0. The third-order valence-electron chi connectivity index (χ3n) is 2.87. The summed E-state index contributed by atoms with van der Waals surface area (Å²) in [5, 5.41) is 9.04. The van der Waals surface area contributed by atoms with E-state index in [9.17, 15) is 13.7 Å². The van der Waals surface area contributed by atoms with Crippen LogP contribution >= 0.6 is 0 Å². The lowest BCUT2D eigenvalue weighted by atomic mass is 10.0. The SMILES string of the molecule is CCc1nc(S(C)(=O)=O)c(C#N)c(C)c1COCOC. The molecule has 0 atom stereocenters. The first-order valence-electron chi connectivity index (χ1n) is 6.06. The summed E-state index contributed by atoms with van der Waals surface area (Å²) in [6, 6.07) is 1.92. The lowest BCUT2D eigenvalue weighted by molar-refractivity contribution is -0.0395. The van der Waals surface area contributed by atoms with E-state index in [-0.39, 0.29) is 24.0 Å². The monoisotopic (exact) mass is 298 g/mol. The first kappa shape index (κ1) is 16.6. The van der Waals surface area contributed by atoms with Gasteiger partial charge in [-0.05, 0) is 18.9 Å². The molecule has 7 heteroatoms. The second-order valence-corrected chi connectivity index (χ2v) is 6.27. The fourth-order valence-electron chi connectivity index (χ4n) is 1.88. The van der Waals surface area contributed by atoms with Crippen molar-refractivity contribution in [3.63, 3.8) is 0 Å². The number of nitrogens with zero attached hydrogens (tertiary/aromatic N) is 2. The Balaban J connectivity index is 3.44. The summed E-state index contributed by atoms with van der Waals surface area (Å²) in [7, 11) is -2.03. The minimum Gasteiger partial charge on any atom is -0.359 e. The van der Waals surface area contributed by atoms with E-state index in [1.165, 1.54) is 7.11 Å². The maximum absolute atomic E-state index is 11.7. The van der Waals surface area contributed by atoms with Gasteiger partial charge in [-0.3, -0.25) is 0 Å². The number of ether oxygens (including phenoxy) is 2. The second kappa shape index (κ2) is 6.79. The molecule has 0 amide bonds. The third kappa shape index (κ3) is 3.54. The Bertz CT molecular complexity index is 633. The summed E-state index contributed by atoms with van der Waals surface area (Å²) in [4.78, 5) is 4.14. The molecule has 0 bridgehead atoms. The van der Waals surface area contributed by atoms with Gasteiger partial charge in [0.15, 0.2) is 14.9 Å². The number of aryl methyl sites for hydroxylation is 1. The van der Waals surface area contributed by atoms with E-state index >= 15 is 0 Å². The summed E-state index contributed by atoms with van der Waals surface area (Å²) in [5.41, 5.74) is 2.04. The molecular weight excluding hydrogens is 280 g/mol. The molecule has 1 rings (SSSR count). The maximum atomic E-state index is 11.7. The number of nitriles is 1. The van der Waals surface area contributed by atoms with Gasteiger partial charge in [0.1, 0.15) is 12.9 Å². The molecule has 0 aromatic carbocycles. The number of rotatable bonds is 6. The average molecular weight is 298 g/mol. The molecule has 0 unspecified atom stereocenters. The predicted molar refractivity (Wildman–Crippen MR) is 72.8 cm³/mol. The molecule has 110 valence electrons. The van der Waals surface area contributed by atoms with Crippen molar-refractivity contribution >= 4 is 9.84 Å². The normalized spacial score (nSPS) is 11.3. The van der Waals surface area contributed by atoms with Crippen LogP contribution in [0.4, 0.5) is 0 Å². The lowest BCUT2D eigenvalue weighted by Crippen LogP contribution is -2.13. The summed E-state index contributed by atoms with van der Waals surface area (Å²) in [6.07, 6.45) is 1.61. The highest BCUT2D eigenvalue weighted by atomic mass is 32.2. The van der Waals surface area contributed by atoms with Crippen LogP contribution in [0, 0.1) is 18.3 Å². The summed E-state index contributed by atoms with van der Waals surface area (Å²) in [5.74, 6) is 0. The van der Waals surface area contributed by atoms with Gasteiger partial charge in [0, 0.05) is 24.6 Å². The Labute approximate surface area is 119 Å². The van der Waals surface area contributed by atoms with Crippen LogP contribution in [0.2, 0.25) is 0 Å². The molecule has 0 saturated heterocycles. The molecule has 0 N–H and O–H groups in total. The Morgan fingerprint density at radius 3 is 2.50 bits per heavy atom. The van der Waals surface area contributed by atoms with Crippen molar-refractivity contribution in [2.75, 3.05) is 20.2 Å². The van der Waals surface area contributed by atoms with Crippen LogP contribution in [0.15, 0.2) is 5.03 Å². The number of aromatic nitrogens is 1. The van der Waals surface area contributed by atoms with Gasteiger partial charge in [0.2, 0.25) is 0 Å². The molecule has 1 aromatic rings. The van der Waals surface area contributed by atoms with E-state index in [2.05, 4.69) is 4.98 Å². The van der Waals surface area contributed by atoms with Crippen molar-refractivity contribution < 1.29 is 17.9 Å². The Kier molecular flexibility index (Phi) is 5.62. The molecule has 0 spiro atoms. The van der Waals surface area contributed by atoms with Crippen LogP contribution < -0.4 is 0 Å². The molecule has 1 heterocycles. The van der Waals surface area contributed by atoms with Crippen LogP contribution in [-0.4, -0.2) is 33.6 Å². The highest BCUT2D eigenvalue weighted by molar-refractivity contribution is 7.90. The van der Waals surface area contributed by atoms with Crippen molar-refractivity contribution in [2.24, 2.45) is 0 Å². The smallest absolute Gasteiger partial charge is 0.194 e. The van der Waals surface area contributed by atoms with Crippen molar-refractivity contribution in [2.45, 2.75) is 31.9 Å². The van der Waals surface area contributed by atoms with E-state index in [4.69, 9.17) is 9.47 Å². The van der Waals surface area contributed by atoms with Crippen molar-refractivity contribution in [3.8, 4) is 6.07 Å². The average Bonchev–Trinajstić information content (AvgIpc) is 2.38. The molecule has 0 aliphatic heterocycles. The van der Waals surface area contributed by atoms with Crippen molar-refractivity contribution in [3.05, 3.63) is 22.4 Å². The maximum Gasteiger partial charge on any atom is 0.194 e. The lowest BCUT2D eigenvalue weighted by Gasteiger charge is -2.15. The third-order valence-corrected chi connectivity index (χ3v) is 3.87. The molecular formula is C13H18N2O4S.